The molecular weight excluding hydrogens is 294 g/mol. The van der Waals surface area contributed by atoms with Crippen molar-refractivity contribution in [3.05, 3.63) is 83.9 Å². The molecule has 0 spiro atoms. The summed E-state index contributed by atoms with van der Waals surface area (Å²) < 4.78 is 0. The number of fused-ring (bicyclic) bond motifs is 1. The molecule has 2 nitrogen and oxygen atoms in total. The molecule has 0 saturated heterocycles. The first-order valence-electron chi connectivity index (χ1n) is 8.69. The molecule has 1 N–H and O–H groups in total. The summed E-state index contributed by atoms with van der Waals surface area (Å²) in [5, 5.41) is 13.0. The van der Waals surface area contributed by atoms with Crippen molar-refractivity contribution in [2.45, 2.75) is 26.0 Å². The van der Waals surface area contributed by atoms with Crippen molar-refractivity contribution >= 4 is 10.8 Å². The van der Waals surface area contributed by atoms with Crippen LogP contribution in [0.2, 0.25) is 0 Å². The van der Waals surface area contributed by atoms with Crippen LogP contribution < -0.4 is 0 Å². The van der Waals surface area contributed by atoms with Crippen molar-refractivity contribution in [2.75, 3.05) is 13.1 Å². The zero-order valence-electron chi connectivity index (χ0n) is 14.2. The molecule has 0 aliphatic rings. The first-order valence-corrected chi connectivity index (χ1v) is 8.69. The lowest BCUT2D eigenvalue weighted by Gasteiger charge is -2.22. The fourth-order valence-corrected chi connectivity index (χ4v) is 3.08. The van der Waals surface area contributed by atoms with E-state index in [-0.39, 0.29) is 0 Å². The summed E-state index contributed by atoms with van der Waals surface area (Å²) in [5.41, 5.74) is 2.32. The lowest BCUT2D eigenvalue weighted by atomic mass is 10.0. The summed E-state index contributed by atoms with van der Waals surface area (Å²) in [6, 6.07) is 25.0. The van der Waals surface area contributed by atoms with Gasteiger partial charge in [-0.25, -0.2) is 0 Å². The third-order valence-electron chi connectivity index (χ3n) is 4.57. The quantitative estimate of drug-likeness (QED) is 0.677. The molecule has 0 saturated carbocycles. The molecule has 2 heteroatoms. The van der Waals surface area contributed by atoms with Crippen molar-refractivity contribution in [3.63, 3.8) is 0 Å². The number of benzene rings is 3. The van der Waals surface area contributed by atoms with E-state index in [1.807, 2.05) is 24.3 Å². The molecule has 1 unspecified atom stereocenters. The first kappa shape index (κ1) is 16.7. The molecule has 0 aliphatic heterocycles. The lowest BCUT2D eigenvalue weighted by Crippen LogP contribution is -2.25. The van der Waals surface area contributed by atoms with Gasteiger partial charge < -0.3 is 5.11 Å². The third kappa shape index (κ3) is 4.22. The zero-order chi connectivity index (χ0) is 16.8. The van der Waals surface area contributed by atoms with Crippen LogP contribution in [0.3, 0.4) is 0 Å². The van der Waals surface area contributed by atoms with Gasteiger partial charge in [0.05, 0.1) is 6.10 Å². The first-order chi connectivity index (χ1) is 11.8. The number of rotatable bonds is 7. The van der Waals surface area contributed by atoms with Crippen LogP contribution in [0, 0.1) is 0 Å². The van der Waals surface area contributed by atoms with Gasteiger partial charge in [-0.3, -0.25) is 4.90 Å². The monoisotopic (exact) mass is 319 g/mol. The Labute approximate surface area is 144 Å². The second kappa shape index (κ2) is 8.09. The molecule has 0 radical (unpaired) electrons. The van der Waals surface area contributed by atoms with E-state index in [0.717, 1.165) is 31.6 Å². The van der Waals surface area contributed by atoms with Gasteiger partial charge in [0.15, 0.2) is 0 Å². The second-order valence-electron chi connectivity index (χ2n) is 6.27. The Kier molecular flexibility index (Phi) is 5.63. The maximum atomic E-state index is 10.6. The summed E-state index contributed by atoms with van der Waals surface area (Å²) in [4.78, 5) is 2.37. The minimum absolute atomic E-state index is 0.417. The van der Waals surface area contributed by atoms with E-state index in [4.69, 9.17) is 0 Å². The molecule has 3 aromatic carbocycles. The van der Waals surface area contributed by atoms with Gasteiger partial charge in [0, 0.05) is 13.1 Å². The van der Waals surface area contributed by atoms with E-state index in [0.29, 0.717) is 0 Å². The molecular formula is C22H25NO. The van der Waals surface area contributed by atoms with Crippen molar-refractivity contribution in [1.82, 2.24) is 4.90 Å². The van der Waals surface area contributed by atoms with Gasteiger partial charge >= 0.3 is 0 Å². The standard InChI is InChI=1S/C22H25NO/c1-2-23(17-18-8-4-3-5-9-18)15-14-22(24)21-13-12-19-10-6-7-11-20(19)16-21/h3-13,16,22,24H,2,14-15,17H2,1H3. The van der Waals surface area contributed by atoms with Crippen LogP contribution in [0.15, 0.2) is 72.8 Å². The summed E-state index contributed by atoms with van der Waals surface area (Å²) in [5.74, 6) is 0. The van der Waals surface area contributed by atoms with Gasteiger partial charge in [0.2, 0.25) is 0 Å². The Morgan fingerprint density at radius 2 is 1.58 bits per heavy atom. The minimum atomic E-state index is -0.417. The van der Waals surface area contributed by atoms with E-state index in [9.17, 15) is 5.11 Å². The molecule has 0 fully saturated rings. The van der Waals surface area contributed by atoms with E-state index in [1.54, 1.807) is 0 Å². The van der Waals surface area contributed by atoms with Crippen LogP contribution in [-0.4, -0.2) is 23.1 Å². The van der Waals surface area contributed by atoms with Crippen molar-refractivity contribution in [1.29, 1.82) is 0 Å². The van der Waals surface area contributed by atoms with Crippen LogP contribution in [0.25, 0.3) is 10.8 Å². The third-order valence-corrected chi connectivity index (χ3v) is 4.57. The van der Waals surface area contributed by atoms with Crippen LogP contribution in [0.5, 0.6) is 0 Å². The number of hydrogen-bond donors (Lipinski definition) is 1. The Bertz CT molecular complexity index is 769. The molecule has 3 aromatic rings. The maximum Gasteiger partial charge on any atom is 0.0802 e. The predicted molar refractivity (Wildman–Crippen MR) is 101 cm³/mol. The Balaban J connectivity index is 1.61. The fraction of sp³-hybridized carbons (Fsp3) is 0.273. The van der Waals surface area contributed by atoms with Gasteiger partial charge in [-0.15, -0.1) is 0 Å². The molecule has 1 atom stereocenters. The molecule has 0 heterocycles. The lowest BCUT2D eigenvalue weighted by molar-refractivity contribution is 0.141. The van der Waals surface area contributed by atoms with Gasteiger partial charge in [0.1, 0.15) is 0 Å². The predicted octanol–water partition coefficient (Wildman–Crippen LogP) is 4.79. The van der Waals surface area contributed by atoms with Crippen molar-refractivity contribution in [3.8, 4) is 0 Å². The topological polar surface area (TPSA) is 23.5 Å². The molecule has 0 aliphatic carbocycles. The normalized spacial score (nSPS) is 12.6. The Hall–Kier alpha value is -2.16. The van der Waals surface area contributed by atoms with E-state index in [2.05, 4.69) is 60.4 Å². The molecule has 124 valence electrons. The maximum absolute atomic E-state index is 10.6. The highest BCUT2D eigenvalue weighted by Crippen LogP contribution is 2.22. The highest BCUT2D eigenvalue weighted by Gasteiger charge is 2.11. The smallest absolute Gasteiger partial charge is 0.0802 e. The highest BCUT2D eigenvalue weighted by atomic mass is 16.3. The summed E-state index contributed by atoms with van der Waals surface area (Å²) in [6.07, 6.45) is 0.332. The molecule has 0 amide bonds. The number of nitrogens with zero attached hydrogens (tertiary/aromatic N) is 1. The molecule has 3 rings (SSSR count). The number of aliphatic hydroxyl groups excluding tert-OH is 1. The van der Waals surface area contributed by atoms with E-state index >= 15 is 0 Å². The van der Waals surface area contributed by atoms with Crippen molar-refractivity contribution in [2.24, 2.45) is 0 Å². The summed E-state index contributed by atoms with van der Waals surface area (Å²) in [6.45, 7) is 4.98. The fourth-order valence-electron chi connectivity index (χ4n) is 3.08. The second-order valence-corrected chi connectivity index (χ2v) is 6.27. The molecule has 0 bridgehead atoms. The van der Waals surface area contributed by atoms with Gasteiger partial charge in [0.25, 0.3) is 0 Å². The van der Waals surface area contributed by atoms with Crippen LogP contribution >= 0.6 is 0 Å². The van der Waals surface area contributed by atoms with Gasteiger partial charge in [-0.05, 0) is 40.9 Å². The van der Waals surface area contributed by atoms with Crippen LogP contribution in [0.1, 0.15) is 30.6 Å². The number of hydrogen-bond acceptors (Lipinski definition) is 2. The zero-order valence-corrected chi connectivity index (χ0v) is 14.2. The van der Waals surface area contributed by atoms with E-state index < -0.39 is 6.10 Å². The minimum Gasteiger partial charge on any atom is -0.388 e. The summed E-state index contributed by atoms with van der Waals surface area (Å²) in [7, 11) is 0. The van der Waals surface area contributed by atoms with Crippen molar-refractivity contribution < 1.29 is 5.11 Å². The van der Waals surface area contributed by atoms with Crippen LogP contribution in [-0.2, 0) is 6.54 Å². The molecule has 24 heavy (non-hydrogen) atoms. The average Bonchev–Trinajstić information content (AvgIpc) is 2.65. The average molecular weight is 319 g/mol. The van der Waals surface area contributed by atoms with Gasteiger partial charge in [-0.1, -0.05) is 73.7 Å². The highest BCUT2D eigenvalue weighted by molar-refractivity contribution is 5.83. The SMILES string of the molecule is CCN(CCC(O)c1ccc2ccccc2c1)Cc1ccccc1. The Morgan fingerprint density at radius 1 is 0.875 bits per heavy atom. The Morgan fingerprint density at radius 3 is 2.33 bits per heavy atom. The van der Waals surface area contributed by atoms with Gasteiger partial charge in [-0.2, -0.15) is 0 Å². The largest absolute Gasteiger partial charge is 0.388 e. The van der Waals surface area contributed by atoms with Crippen LogP contribution in [0.4, 0.5) is 0 Å². The number of aliphatic hydroxyl groups is 1. The van der Waals surface area contributed by atoms with E-state index in [1.165, 1.54) is 16.3 Å². The summed E-state index contributed by atoms with van der Waals surface area (Å²) >= 11 is 0. The molecule has 0 aromatic heterocycles.